The molecule has 0 unspecified atom stereocenters. The lowest BCUT2D eigenvalue weighted by molar-refractivity contribution is -0.145. The number of aryl methyl sites for hydroxylation is 1. The highest BCUT2D eigenvalue weighted by atomic mass is 32.2. The van der Waals surface area contributed by atoms with E-state index >= 15 is 0 Å². The van der Waals surface area contributed by atoms with Crippen molar-refractivity contribution in [3.63, 3.8) is 0 Å². The van der Waals surface area contributed by atoms with E-state index in [4.69, 9.17) is 9.47 Å². The Morgan fingerprint density at radius 1 is 1.14 bits per heavy atom. The van der Waals surface area contributed by atoms with Crippen LogP contribution in [0.5, 0.6) is 5.75 Å². The van der Waals surface area contributed by atoms with Crippen LogP contribution in [0.1, 0.15) is 13.8 Å². The molecule has 0 fully saturated rings. The highest BCUT2D eigenvalue weighted by molar-refractivity contribution is 7.99. The third-order valence-electron chi connectivity index (χ3n) is 4.05. The standard InChI is InChI=1S/C21H23N3O4S/c1-3-24-18-11-6-5-10-17(18)23-21(24)29-14-19(25)22-15-8-7-9-16(12-15)28-13-20(26)27-4-2/h5-12H,3-4,13-14H2,1-2H3,(H,22,25). The van der Waals surface area contributed by atoms with Crippen LogP contribution in [0.3, 0.4) is 0 Å². The molecule has 0 aliphatic heterocycles. The zero-order valence-electron chi connectivity index (χ0n) is 16.4. The first kappa shape index (κ1) is 20.7. The van der Waals surface area contributed by atoms with Crippen LogP contribution in [0.2, 0.25) is 0 Å². The normalized spacial score (nSPS) is 10.7. The molecule has 0 radical (unpaired) electrons. The Kier molecular flexibility index (Phi) is 7.13. The molecule has 1 heterocycles. The molecule has 7 nitrogen and oxygen atoms in total. The summed E-state index contributed by atoms with van der Waals surface area (Å²) in [4.78, 5) is 28.4. The highest BCUT2D eigenvalue weighted by Crippen LogP contribution is 2.24. The van der Waals surface area contributed by atoms with Crippen molar-refractivity contribution in [2.75, 3.05) is 24.3 Å². The maximum Gasteiger partial charge on any atom is 0.344 e. The van der Waals surface area contributed by atoms with Crippen LogP contribution in [0.4, 0.5) is 5.69 Å². The summed E-state index contributed by atoms with van der Waals surface area (Å²) in [7, 11) is 0. The van der Waals surface area contributed by atoms with Crippen LogP contribution in [-0.4, -0.2) is 40.4 Å². The number of thioether (sulfide) groups is 1. The number of benzene rings is 2. The number of para-hydroxylation sites is 2. The second-order valence-electron chi connectivity index (χ2n) is 6.09. The molecule has 152 valence electrons. The van der Waals surface area contributed by atoms with E-state index in [1.54, 1.807) is 31.2 Å². The molecule has 1 amide bonds. The fraction of sp³-hybridized carbons (Fsp3) is 0.286. The number of carbonyl (C=O) groups is 2. The minimum Gasteiger partial charge on any atom is -0.482 e. The molecule has 0 spiro atoms. The van der Waals surface area contributed by atoms with Crippen LogP contribution in [0.25, 0.3) is 11.0 Å². The first-order chi connectivity index (χ1) is 14.1. The number of rotatable bonds is 9. The third kappa shape index (κ3) is 5.51. The minimum absolute atomic E-state index is 0.146. The maximum atomic E-state index is 12.4. The molecular weight excluding hydrogens is 390 g/mol. The van der Waals surface area contributed by atoms with E-state index in [9.17, 15) is 9.59 Å². The number of esters is 1. The predicted octanol–water partition coefficient (Wildman–Crippen LogP) is 3.73. The van der Waals surface area contributed by atoms with E-state index in [0.29, 0.717) is 18.0 Å². The molecule has 0 atom stereocenters. The number of nitrogens with one attached hydrogen (secondary N) is 1. The van der Waals surface area contributed by atoms with E-state index in [-0.39, 0.29) is 18.3 Å². The maximum absolute atomic E-state index is 12.4. The number of carbonyl (C=O) groups excluding carboxylic acids is 2. The monoisotopic (exact) mass is 413 g/mol. The summed E-state index contributed by atoms with van der Waals surface area (Å²) < 4.78 is 12.3. The average molecular weight is 413 g/mol. The molecule has 0 saturated carbocycles. The molecule has 8 heteroatoms. The van der Waals surface area contributed by atoms with Gasteiger partial charge in [-0.05, 0) is 38.1 Å². The van der Waals surface area contributed by atoms with Crippen molar-refractivity contribution in [3.05, 3.63) is 48.5 Å². The molecule has 0 saturated heterocycles. The van der Waals surface area contributed by atoms with Crippen molar-refractivity contribution in [1.29, 1.82) is 0 Å². The van der Waals surface area contributed by atoms with Gasteiger partial charge in [-0.25, -0.2) is 9.78 Å². The number of hydrogen-bond acceptors (Lipinski definition) is 6. The van der Waals surface area contributed by atoms with Gasteiger partial charge < -0.3 is 19.4 Å². The molecular formula is C21H23N3O4S. The first-order valence-corrected chi connectivity index (χ1v) is 10.4. The lowest BCUT2D eigenvalue weighted by Gasteiger charge is -2.09. The summed E-state index contributed by atoms with van der Waals surface area (Å²) >= 11 is 1.40. The average Bonchev–Trinajstić information content (AvgIpc) is 3.09. The minimum atomic E-state index is -0.433. The van der Waals surface area contributed by atoms with E-state index in [2.05, 4.69) is 21.8 Å². The smallest absolute Gasteiger partial charge is 0.344 e. The van der Waals surface area contributed by atoms with Gasteiger partial charge in [0.05, 0.1) is 23.4 Å². The molecule has 0 bridgehead atoms. The number of anilines is 1. The zero-order valence-corrected chi connectivity index (χ0v) is 17.2. The van der Waals surface area contributed by atoms with Crippen LogP contribution in [0, 0.1) is 0 Å². The van der Waals surface area contributed by atoms with Gasteiger partial charge in [0.1, 0.15) is 5.75 Å². The third-order valence-corrected chi connectivity index (χ3v) is 5.02. The Labute approximate surface area is 173 Å². The first-order valence-electron chi connectivity index (χ1n) is 9.37. The molecule has 3 aromatic rings. The van der Waals surface area contributed by atoms with E-state index < -0.39 is 5.97 Å². The second-order valence-corrected chi connectivity index (χ2v) is 7.03. The van der Waals surface area contributed by atoms with Gasteiger partial charge in [-0.1, -0.05) is 30.0 Å². The number of hydrogen-bond donors (Lipinski definition) is 1. The Bertz CT molecular complexity index is 1000. The van der Waals surface area contributed by atoms with Crippen molar-refractivity contribution < 1.29 is 19.1 Å². The fourth-order valence-corrected chi connectivity index (χ4v) is 3.68. The topological polar surface area (TPSA) is 82.4 Å². The quantitative estimate of drug-likeness (QED) is 0.425. The van der Waals surface area contributed by atoms with Gasteiger partial charge in [0.15, 0.2) is 11.8 Å². The van der Waals surface area contributed by atoms with Crippen LogP contribution >= 0.6 is 11.8 Å². The van der Waals surface area contributed by atoms with Gasteiger partial charge in [0, 0.05) is 18.3 Å². The van der Waals surface area contributed by atoms with E-state index in [1.807, 2.05) is 24.3 Å². The van der Waals surface area contributed by atoms with Crippen molar-refractivity contribution in [2.45, 2.75) is 25.5 Å². The number of amides is 1. The molecule has 2 aromatic carbocycles. The Hall–Kier alpha value is -3.00. The lowest BCUT2D eigenvalue weighted by Crippen LogP contribution is -2.16. The number of ether oxygens (including phenoxy) is 2. The zero-order chi connectivity index (χ0) is 20.6. The van der Waals surface area contributed by atoms with Crippen molar-refractivity contribution >= 4 is 40.4 Å². The van der Waals surface area contributed by atoms with Crippen molar-refractivity contribution in [3.8, 4) is 5.75 Å². The van der Waals surface area contributed by atoms with Gasteiger partial charge in [-0.3, -0.25) is 4.79 Å². The predicted molar refractivity (Wildman–Crippen MR) is 113 cm³/mol. The van der Waals surface area contributed by atoms with Gasteiger partial charge in [-0.15, -0.1) is 0 Å². The van der Waals surface area contributed by atoms with Crippen molar-refractivity contribution in [1.82, 2.24) is 9.55 Å². The van der Waals surface area contributed by atoms with Crippen molar-refractivity contribution in [2.24, 2.45) is 0 Å². The second kappa shape index (κ2) is 9.97. The van der Waals surface area contributed by atoms with Crippen LogP contribution in [-0.2, 0) is 20.9 Å². The summed E-state index contributed by atoms with van der Waals surface area (Å²) in [5, 5.41) is 3.66. The van der Waals surface area contributed by atoms with Gasteiger partial charge in [0.25, 0.3) is 0 Å². The largest absolute Gasteiger partial charge is 0.482 e. The lowest BCUT2D eigenvalue weighted by atomic mass is 10.3. The SMILES string of the molecule is CCOC(=O)COc1cccc(NC(=O)CSc2nc3ccccc3n2CC)c1. The summed E-state index contributed by atoms with van der Waals surface area (Å²) in [6.45, 7) is 4.71. The van der Waals surface area contributed by atoms with E-state index in [1.165, 1.54) is 11.8 Å². The molecule has 1 aromatic heterocycles. The van der Waals surface area contributed by atoms with Gasteiger partial charge >= 0.3 is 5.97 Å². The van der Waals surface area contributed by atoms with Gasteiger partial charge in [0.2, 0.25) is 5.91 Å². The van der Waals surface area contributed by atoms with E-state index in [0.717, 1.165) is 22.7 Å². The molecule has 1 N–H and O–H groups in total. The summed E-state index contributed by atoms with van der Waals surface area (Å²) in [5.74, 6) is 0.137. The summed E-state index contributed by atoms with van der Waals surface area (Å²) in [6.07, 6.45) is 0. The van der Waals surface area contributed by atoms with Gasteiger partial charge in [-0.2, -0.15) is 0 Å². The molecule has 0 aliphatic rings. The number of nitrogens with zero attached hydrogens (tertiary/aromatic N) is 2. The Morgan fingerprint density at radius 2 is 1.97 bits per heavy atom. The fourth-order valence-electron chi connectivity index (χ4n) is 2.80. The number of imidazole rings is 1. The highest BCUT2D eigenvalue weighted by Gasteiger charge is 2.12. The summed E-state index contributed by atoms with van der Waals surface area (Å²) in [5.41, 5.74) is 2.58. The number of aromatic nitrogens is 2. The molecule has 0 aliphatic carbocycles. The van der Waals surface area contributed by atoms with Crippen LogP contribution < -0.4 is 10.1 Å². The van der Waals surface area contributed by atoms with Crippen LogP contribution in [0.15, 0.2) is 53.7 Å². The Balaban J connectivity index is 1.57. The molecule has 29 heavy (non-hydrogen) atoms. The Morgan fingerprint density at radius 3 is 2.76 bits per heavy atom. The molecule has 3 rings (SSSR count). The summed E-state index contributed by atoms with van der Waals surface area (Å²) in [6, 6.07) is 14.8. The number of fused-ring (bicyclic) bond motifs is 1.